The lowest BCUT2D eigenvalue weighted by atomic mass is 10.0. The fraction of sp³-hybridized carbons (Fsp3) is 0.214. The van der Waals surface area contributed by atoms with Crippen molar-refractivity contribution in [3.05, 3.63) is 155 Å². The molecule has 1 N–H and O–H groups in total. The molecule has 1 saturated heterocycles. The van der Waals surface area contributed by atoms with E-state index in [0.717, 1.165) is 16.7 Å². The molecule has 2 amide bonds. The molecule has 8 nitrogen and oxygen atoms in total. The normalized spacial score (nSPS) is 15.3. The zero-order chi connectivity index (χ0) is 35.6. The highest BCUT2D eigenvalue weighted by molar-refractivity contribution is 8.01. The molecule has 51 heavy (non-hydrogen) atoms. The summed E-state index contributed by atoms with van der Waals surface area (Å²) in [4.78, 5) is 42.4. The third kappa shape index (κ3) is 8.80. The number of ether oxygens (including phenoxy) is 3. The number of hydrogen-bond acceptors (Lipinski definition) is 7. The summed E-state index contributed by atoms with van der Waals surface area (Å²) in [5.74, 6) is 1.50. The number of hydrogen-bond donors (Lipinski definition) is 1. The van der Waals surface area contributed by atoms with Crippen molar-refractivity contribution in [3.8, 4) is 17.2 Å². The van der Waals surface area contributed by atoms with Crippen LogP contribution in [0.4, 0.5) is 5.69 Å². The Morgan fingerprint density at radius 3 is 2.22 bits per heavy atom. The summed E-state index contributed by atoms with van der Waals surface area (Å²) in [6.45, 7) is 3.28. The molecule has 0 aliphatic carbocycles. The molecular formula is C42H40N2O6S. The topological polar surface area (TPSA) is 94.2 Å². The van der Waals surface area contributed by atoms with Crippen molar-refractivity contribution in [2.75, 3.05) is 25.2 Å². The largest absolute Gasteiger partial charge is 0.493 e. The molecule has 0 radical (unpaired) electrons. The molecule has 6 rings (SSSR count). The van der Waals surface area contributed by atoms with Crippen LogP contribution in [0.25, 0.3) is 0 Å². The first-order chi connectivity index (χ1) is 24.9. The number of amides is 2. The highest BCUT2D eigenvalue weighted by Crippen LogP contribution is 2.47. The number of nitrogens with one attached hydrogen (secondary N) is 1. The minimum Gasteiger partial charge on any atom is -0.493 e. The molecule has 2 atom stereocenters. The van der Waals surface area contributed by atoms with Gasteiger partial charge in [-0.1, -0.05) is 91.0 Å². The van der Waals surface area contributed by atoms with Gasteiger partial charge in [0, 0.05) is 29.8 Å². The lowest BCUT2D eigenvalue weighted by Gasteiger charge is -2.25. The van der Waals surface area contributed by atoms with E-state index in [4.69, 9.17) is 14.2 Å². The number of ketones is 1. The maximum absolute atomic E-state index is 14.1. The van der Waals surface area contributed by atoms with Gasteiger partial charge in [-0.25, -0.2) is 0 Å². The van der Waals surface area contributed by atoms with Crippen LogP contribution in [-0.2, 0) is 22.6 Å². The predicted octanol–water partition coefficient (Wildman–Crippen LogP) is 7.80. The van der Waals surface area contributed by atoms with Gasteiger partial charge in [-0.2, -0.15) is 0 Å². The van der Waals surface area contributed by atoms with Crippen molar-refractivity contribution < 1.29 is 28.6 Å². The van der Waals surface area contributed by atoms with Gasteiger partial charge in [0.05, 0.1) is 19.0 Å². The number of anilines is 1. The molecule has 1 aliphatic heterocycles. The van der Waals surface area contributed by atoms with Gasteiger partial charge in [0.15, 0.2) is 17.3 Å². The van der Waals surface area contributed by atoms with Gasteiger partial charge in [0.2, 0.25) is 11.8 Å². The molecule has 1 aliphatic rings. The summed E-state index contributed by atoms with van der Waals surface area (Å²) in [6, 6.07) is 39.5. The van der Waals surface area contributed by atoms with Crippen molar-refractivity contribution in [1.82, 2.24) is 5.32 Å². The summed E-state index contributed by atoms with van der Waals surface area (Å²) < 4.78 is 17.1. The Bertz CT molecular complexity index is 1950. The van der Waals surface area contributed by atoms with E-state index in [1.165, 1.54) is 11.8 Å². The summed E-state index contributed by atoms with van der Waals surface area (Å²) in [5.41, 5.74) is 4.59. The lowest BCUT2D eigenvalue weighted by Crippen LogP contribution is -2.34. The summed E-state index contributed by atoms with van der Waals surface area (Å²) in [7, 11) is 1.60. The van der Waals surface area contributed by atoms with Crippen LogP contribution in [0.2, 0.25) is 0 Å². The van der Waals surface area contributed by atoms with E-state index in [0.29, 0.717) is 60.2 Å². The maximum atomic E-state index is 14.1. The number of thioether (sulfide) groups is 1. The molecular weight excluding hydrogens is 661 g/mol. The van der Waals surface area contributed by atoms with Crippen molar-refractivity contribution in [1.29, 1.82) is 0 Å². The van der Waals surface area contributed by atoms with E-state index in [1.54, 1.807) is 42.3 Å². The van der Waals surface area contributed by atoms with Crippen LogP contribution in [0.5, 0.6) is 17.2 Å². The number of rotatable bonds is 15. The van der Waals surface area contributed by atoms with Crippen molar-refractivity contribution >= 4 is 35.0 Å². The minimum atomic E-state index is -0.622. The fourth-order valence-corrected chi connectivity index (χ4v) is 7.38. The second kappa shape index (κ2) is 16.9. The van der Waals surface area contributed by atoms with Crippen molar-refractivity contribution in [2.24, 2.45) is 0 Å². The first kappa shape index (κ1) is 35.3. The van der Waals surface area contributed by atoms with Gasteiger partial charge < -0.3 is 19.5 Å². The molecule has 0 aromatic heterocycles. The SMILES string of the molecule is CCOc1cc(CCNC(=O)CC2SC(c3ccc(OCc4ccccc4)cc3)N(c3cccc(C(=O)c4ccccc4)c3)C2=O)ccc1OC. The Morgan fingerprint density at radius 1 is 0.765 bits per heavy atom. The molecule has 0 spiro atoms. The third-order valence-corrected chi connectivity index (χ3v) is 9.95. The molecule has 1 fully saturated rings. The highest BCUT2D eigenvalue weighted by Gasteiger charge is 2.43. The third-order valence-electron chi connectivity index (χ3n) is 8.51. The van der Waals surface area contributed by atoms with Crippen molar-refractivity contribution in [2.45, 2.75) is 37.0 Å². The van der Waals surface area contributed by atoms with Gasteiger partial charge in [-0.3, -0.25) is 19.3 Å². The number of nitrogens with zero attached hydrogens (tertiary/aromatic N) is 1. The molecule has 260 valence electrons. The summed E-state index contributed by atoms with van der Waals surface area (Å²) in [5, 5.41) is 1.95. The second-order valence-corrected chi connectivity index (χ2v) is 13.3. The zero-order valence-electron chi connectivity index (χ0n) is 28.6. The molecule has 0 saturated carbocycles. The Balaban J connectivity index is 1.18. The smallest absolute Gasteiger partial charge is 0.241 e. The Morgan fingerprint density at radius 2 is 1.49 bits per heavy atom. The van der Waals surface area contributed by atoms with Gasteiger partial charge in [-0.15, -0.1) is 11.8 Å². The standard InChI is InChI=1S/C42H40N2O6S/c1-3-49-37-25-29(17-22-36(37)48-2)23-24-43-39(45)27-38-41(47)44(34-16-10-15-33(26-34)40(46)31-13-8-5-9-14-31)42(51-38)32-18-20-35(21-19-32)50-28-30-11-6-4-7-12-30/h4-22,25-26,38,42H,3,23-24,27-28H2,1-2H3,(H,43,45). The van der Waals surface area contributed by atoms with Crippen LogP contribution in [0, 0.1) is 0 Å². The Kier molecular flexibility index (Phi) is 11.7. The molecule has 1 heterocycles. The van der Waals surface area contributed by atoms with Crippen LogP contribution >= 0.6 is 11.8 Å². The maximum Gasteiger partial charge on any atom is 0.241 e. The van der Waals surface area contributed by atoms with Gasteiger partial charge in [0.25, 0.3) is 0 Å². The van der Waals surface area contributed by atoms with Gasteiger partial charge >= 0.3 is 0 Å². The molecule has 2 unspecified atom stereocenters. The van der Waals surface area contributed by atoms with Gasteiger partial charge in [0.1, 0.15) is 17.7 Å². The molecule has 5 aromatic rings. The van der Waals surface area contributed by atoms with E-state index in [2.05, 4.69) is 5.32 Å². The molecule has 9 heteroatoms. The number of benzene rings is 5. The second-order valence-electron chi connectivity index (χ2n) is 12.0. The number of carbonyl (C=O) groups is 3. The first-order valence-electron chi connectivity index (χ1n) is 16.9. The Labute approximate surface area is 302 Å². The number of methoxy groups -OCH3 is 1. The zero-order valence-corrected chi connectivity index (χ0v) is 29.4. The highest BCUT2D eigenvalue weighted by atomic mass is 32.2. The van der Waals surface area contributed by atoms with Crippen molar-refractivity contribution in [3.63, 3.8) is 0 Å². The van der Waals surface area contributed by atoms with Gasteiger partial charge in [-0.05, 0) is 66.4 Å². The van der Waals surface area contributed by atoms with E-state index < -0.39 is 10.6 Å². The summed E-state index contributed by atoms with van der Waals surface area (Å²) in [6.07, 6.45) is 0.613. The molecule has 0 bridgehead atoms. The van der Waals surface area contributed by atoms with E-state index >= 15 is 0 Å². The average Bonchev–Trinajstić information content (AvgIpc) is 3.49. The Hall–Kier alpha value is -5.54. The molecule has 5 aromatic carbocycles. The van der Waals surface area contributed by atoms with Crippen LogP contribution in [0.1, 0.15) is 51.3 Å². The van der Waals surface area contributed by atoms with Crippen LogP contribution in [0.15, 0.2) is 127 Å². The van der Waals surface area contributed by atoms with E-state index in [9.17, 15) is 14.4 Å². The van der Waals surface area contributed by atoms with Crippen LogP contribution in [-0.4, -0.2) is 43.1 Å². The number of carbonyl (C=O) groups excluding carboxylic acids is 3. The summed E-state index contributed by atoms with van der Waals surface area (Å²) >= 11 is 1.43. The lowest BCUT2D eigenvalue weighted by molar-refractivity contribution is -0.124. The fourth-order valence-electron chi connectivity index (χ4n) is 5.93. The average molecular weight is 701 g/mol. The predicted molar refractivity (Wildman–Crippen MR) is 201 cm³/mol. The van der Waals surface area contributed by atoms with Crippen LogP contribution in [0.3, 0.4) is 0 Å². The quantitative estimate of drug-likeness (QED) is 0.111. The first-order valence-corrected chi connectivity index (χ1v) is 17.9. The van der Waals surface area contributed by atoms with E-state index in [-0.39, 0.29) is 24.0 Å². The van der Waals surface area contributed by atoms with Crippen LogP contribution < -0.4 is 24.4 Å². The van der Waals surface area contributed by atoms with E-state index in [1.807, 2.05) is 104 Å². The minimum absolute atomic E-state index is 0.0181. The monoisotopic (exact) mass is 700 g/mol.